The second-order valence-corrected chi connectivity index (χ2v) is 6.73. The van der Waals surface area contributed by atoms with Crippen LogP contribution in [0, 0.1) is 6.92 Å². The van der Waals surface area contributed by atoms with E-state index in [9.17, 15) is 4.79 Å². The number of benzene rings is 2. The first-order valence-electron chi connectivity index (χ1n) is 6.68. The van der Waals surface area contributed by atoms with Gasteiger partial charge in [0.05, 0.1) is 7.11 Å². The molecule has 0 amide bonds. The number of halogens is 1. The summed E-state index contributed by atoms with van der Waals surface area (Å²) in [5.74, 6) is -0.177. The molecule has 0 N–H and O–H groups in total. The first kappa shape index (κ1) is 16.1. The van der Waals surface area contributed by atoms with Crippen molar-refractivity contribution in [2.24, 2.45) is 0 Å². The molecule has 0 aromatic heterocycles. The summed E-state index contributed by atoms with van der Waals surface area (Å²) >= 11 is 5.33. The van der Waals surface area contributed by atoms with Crippen molar-refractivity contribution in [1.29, 1.82) is 0 Å². The Balaban J connectivity index is 2.05. The lowest BCUT2D eigenvalue weighted by atomic mass is 10.1. The minimum Gasteiger partial charge on any atom is -0.469 e. The van der Waals surface area contributed by atoms with Crippen molar-refractivity contribution in [3.05, 3.63) is 58.1 Å². The van der Waals surface area contributed by atoms with Crippen LogP contribution in [0.4, 0.5) is 0 Å². The van der Waals surface area contributed by atoms with Crippen molar-refractivity contribution in [3.63, 3.8) is 0 Å². The molecule has 0 atom stereocenters. The van der Waals surface area contributed by atoms with Gasteiger partial charge in [0.25, 0.3) is 0 Å². The highest BCUT2D eigenvalue weighted by molar-refractivity contribution is 9.10. The third kappa shape index (κ3) is 4.90. The van der Waals surface area contributed by atoms with Crippen LogP contribution in [0.25, 0.3) is 0 Å². The van der Waals surface area contributed by atoms with E-state index >= 15 is 0 Å². The van der Waals surface area contributed by atoms with Gasteiger partial charge in [-0.25, -0.2) is 0 Å². The summed E-state index contributed by atoms with van der Waals surface area (Å²) in [6, 6.07) is 14.7. The Labute approximate surface area is 138 Å². The summed E-state index contributed by atoms with van der Waals surface area (Å²) in [5.41, 5.74) is 2.39. The topological polar surface area (TPSA) is 26.3 Å². The van der Waals surface area contributed by atoms with Crippen LogP contribution in [0.2, 0.25) is 0 Å². The van der Waals surface area contributed by atoms with Gasteiger partial charge >= 0.3 is 5.97 Å². The Kier molecular flexibility index (Phi) is 5.88. The highest BCUT2D eigenvalue weighted by atomic mass is 79.9. The zero-order chi connectivity index (χ0) is 15.2. The Morgan fingerprint density at radius 3 is 2.52 bits per heavy atom. The van der Waals surface area contributed by atoms with Gasteiger partial charge in [0, 0.05) is 20.7 Å². The normalized spacial score (nSPS) is 10.4. The SMILES string of the molecule is COC(=O)CCc1ccc(Sc2ccc(C)cc2)c(Br)c1. The van der Waals surface area contributed by atoms with Gasteiger partial charge in [-0.05, 0) is 59.1 Å². The Bertz CT molecular complexity index is 623. The molecule has 0 bridgehead atoms. The number of carbonyl (C=O) groups is 1. The zero-order valence-corrected chi connectivity index (χ0v) is 14.5. The maximum atomic E-state index is 11.2. The number of hydrogen-bond acceptors (Lipinski definition) is 3. The average molecular weight is 365 g/mol. The van der Waals surface area contributed by atoms with Crippen molar-refractivity contribution >= 4 is 33.7 Å². The Morgan fingerprint density at radius 1 is 1.19 bits per heavy atom. The standard InChI is InChI=1S/C17H17BrO2S/c1-12-3-7-14(8-4-12)21-16-9-5-13(11-15(16)18)6-10-17(19)20-2/h3-5,7-9,11H,6,10H2,1-2H3. The number of hydrogen-bond donors (Lipinski definition) is 0. The predicted molar refractivity (Wildman–Crippen MR) is 89.8 cm³/mol. The quantitative estimate of drug-likeness (QED) is 0.697. The molecule has 0 saturated carbocycles. The average Bonchev–Trinajstić information content (AvgIpc) is 2.49. The summed E-state index contributed by atoms with van der Waals surface area (Å²) in [6.45, 7) is 2.08. The van der Waals surface area contributed by atoms with E-state index in [0.29, 0.717) is 12.8 Å². The fraction of sp³-hybridized carbons (Fsp3) is 0.235. The third-order valence-corrected chi connectivity index (χ3v) is 5.09. The van der Waals surface area contributed by atoms with Crippen LogP contribution in [0.1, 0.15) is 17.5 Å². The Hall–Kier alpha value is -1.26. The van der Waals surface area contributed by atoms with E-state index < -0.39 is 0 Å². The second-order valence-electron chi connectivity index (χ2n) is 4.76. The molecule has 0 aliphatic heterocycles. The number of ether oxygens (including phenoxy) is 1. The molecule has 0 spiro atoms. The summed E-state index contributed by atoms with van der Waals surface area (Å²) in [4.78, 5) is 13.5. The van der Waals surface area contributed by atoms with Crippen molar-refractivity contribution in [3.8, 4) is 0 Å². The van der Waals surface area contributed by atoms with E-state index in [-0.39, 0.29) is 5.97 Å². The van der Waals surface area contributed by atoms with Crippen LogP contribution < -0.4 is 0 Å². The van der Waals surface area contributed by atoms with Crippen LogP contribution in [0.15, 0.2) is 56.7 Å². The first-order valence-corrected chi connectivity index (χ1v) is 8.29. The lowest BCUT2D eigenvalue weighted by molar-refractivity contribution is -0.140. The Morgan fingerprint density at radius 2 is 1.90 bits per heavy atom. The van der Waals surface area contributed by atoms with Crippen LogP contribution >= 0.6 is 27.7 Å². The maximum Gasteiger partial charge on any atom is 0.305 e. The monoisotopic (exact) mass is 364 g/mol. The molecule has 2 nitrogen and oxygen atoms in total. The van der Waals surface area contributed by atoms with Crippen molar-refractivity contribution in [1.82, 2.24) is 0 Å². The third-order valence-electron chi connectivity index (χ3n) is 3.09. The zero-order valence-electron chi connectivity index (χ0n) is 12.1. The lowest BCUT2D eigenvalue weighted by Crippen LogP contribution is -2.01. The van der Waals surface area contributed by atoms with Crippen molar-refractivity contribution in [2.45, 2.75) is 29.6 Å². The van der Waals surface area contributed by atoms with Crippen LogP contribution in [-0.2, 0) is 16.0 Å². The molecular formula is C17H17BrO2S. The molecule has 0 fully saturated rings. The van der Waals surface area contributed by atoms with Gasteiger partial charge in [0.2, 0.25) is 0 Å². The van der Waals surface area contributed by atoms with Crippen molar-refractivity contribution < 1.29 is 9.53 Å². The van der Waals surface area contributed by atoms with Gasteiger partial charge in [-0.1, -0.05) is 35.5 Å². The minimum atomic E-state index is -0.177. The molecule has 0 unspecified atom stereocenters. The molecule has 0 saturated heterocycles. The van der Waals surface area contributed by atoms with E-state index in [4.69, 9.17) is 0 Å². The molecule has 110 valence electrons. The molecule has 21 heavy (non-hydrogen) atoms. The fourth-order valence-electron chi connectivity index (χ4n) is 1.86. The summed E-state index contributed by atoms with van der Waals surface area (Å²) in [6.07, 6.45) is 1.11. The fourth-order valence-corrected chi connectivity index (χ4v) is 3.35. The maximum absolute atomic E-state index is 11.2. The predicted octanol–water partition coefficient (Wildman–Crippen LogP) is 5.01. The number of esters is 1. The number of aryl methyl sites for hydroxylation is 2. The van der Waals surface area contributed by atoms with Gasteiger partial charge in [0.15, 0.2) is 0 Å². The van der Waals surface area contributed by atoms with Crippen LogP contribution in [0.3, 0.4) is 0 Å². The van der Waals surface area contributed by atoms with E-state index in [1.165, 1.54) is 22.5 Å². The molecule has 0 radical (unpaired) electrons. The van der Waals surface area contributed by atoms with Crippen molar-refractivity contribution in [2.75, 3.05) is 7.11 Å². The summed E-state index contributed by atoms with van der Waals surface area (Å²) in [5, 5.41) is 0. The summed E-state index contributed by atoms with van der Waals surface area (Å²) < 4.78 is 5.71. The smallest absolute Gasteiger partial charge is 0.305 e. The van der Waals surface area contributed by atoms with E-state index in [2.05, 4.69) is 70.1 Å². The van der Waals surface area contributed by atoms with E-state index in [0.717, 1.165) is 10.0 Å². The number of methoxy groups -OCH3 is 1. The van der Waals surface area contributed by atoms with Gasteiger partial charge < -0.3 is 4.74 Å². The van der Waals surface area contributed by atoms with E-state index in [1.54, 1.807) is 11.8 Å². The van der Waals surface area contributed by atoms with E-state index in [1.807, 2.05) is 0 Å². The van der Waals surface area contributed by atoms with Gasteiger partial charge in [-0.2, -0.15) is 0 Å². The van der Waals surface area contributed by atoms with Gasteiger partial charge in [-0.3, -0.25) is 4.79 Å². The highest BCUT2D eigenvalue weighted by Gasteiger charge is 2.06. The molecular weight excluding hydrogens is 348 g/mol. The molecule has 0 aliphatic rings. The van der Waals surface area contributed by atoms with Gasteiger partial charge in [0.1, 0.15) is 0 Å². The largest absolute Gasteiger partial charge is 0.469 e. The molecule has 2 aromatic rings. The lowest BCUT2D eigenvalue weighted by Gasteiger charge is -2.07. The number of carbonyl (C=O) groups excluding carboxylic acids is 1. The van der Waals surface area contributed by atoms with Crippen LogP contribution in [-0.4, -0.2) is 13.1 Å². The molecule has 2 rings (SSSR count). The minimum absolute atomic E-state index is 0.177. The molecule has 0 heterocycles. The van der Waals surface area contributed by atoms with Crippen LogP contribution in [0.5, 0.6) is 0 Å². The summed E-state index contributed by atoms with van der Waals surface area (Å²) in [7, 11) is 1.42. The highest BCUT2D eigenvalue weighted by Crippen LogP contribution is 2.34. The first-order chi connectivity index (χ1) is 10.1. The molecule has 4 heteroatoms. The molecule has 0 aliphatic carbocycles. The second kappa shape index (κ2) is 7.66. The number of rotatable bonds is 5. The molecule has 2 aromatic carbocycles. The van der Waals surface area contributed by atoms with Gasteiger partial charge in [-0.15, -0.1) is 0 Å².